The molecule has 2 aromatic carbocycles. The molecule has 0 aliphatic carbocycles. The van der Waals surface area contributed by atoms with Crippen molar-refractivity contribution in [1.82, 2.24) is 14.8 Å². The predicted octanol–water partition coefficient (Wildman–Crippen LogP) is 5.06. The molecular formula is C25H27BrN4O4S. The van der Waals surface area contributed by atoms with Gasteiger partial charge in [0.1, 0.15) is 11.6 Å². The minimum absolute atomic E-state index is 0.108. The second-order valence-electron chi connectivity index (χ2n) is 7.53. The fraction of sp³-hybridized carbons (Fsp3) is 0.280. The minimum Gasteiger partial charge on any atom is -0.493 e. The third-order valence-corrected chi connectivity index (χ3v) is 6.44. The number of thioether (sulfide) groups is 1. The smallest absolute Gasteiger partial charge is 0.339 e. The van der Waals surface area contributed by atoms with E-state index < -0.39 is 5.97 Å². The van der Waals surface area contributed by atoms with Crippen LogP contribution in [0.15, 0.2) is 64.7 Å². The highest BCUT2D eigenvalue weighted by atomic mass is 79.9. The Morgan fingerprint density at radius 2 is 2.03 bits per heavy atom. The van der Waals surface area contributed by atoms with Crippen LogP contribution < -0.4 is 10.1 Å². The quantitative estimate of drug-likeness (QED) is 0.143. The van der Waals surface area contributed by atoms with E-state index >= 15 is 0 Å². The molecule has 0 spiro atoms. The Balaban J connectivity index is 1.56. The summed E-state index contributed by atoms with van der Waals surface area (Å²) in [5.74, 6) is 0.996. The summed E-state index contributed by atoms with van der Waals surface area (Å²) < 4.78 is 13.6. The van der Waals surface area contributed by atoms with Crippen molar-refractivity contribution in [2.75, 3.05) is 24.8 Å². The fourth-order valence-electron chi connectivity index (χ4n) is 3.31. The lowest BCUT2D eigenvalue weighted by Crippen LogP contribution is -2.17. The fourth-order valence-corrected chi connectivity index (χ4v) is 4.55. The zero-order valence-electron chi connectivity index (χ0n) is 19.6. The van der Waals surface area contributed by atoms with Crippen molar-refractivity contribution in [1.29, 1.82) is 0 Å². The minimum atomic E-state index is -0.511. The van der Waals surface area contributed by atoms with Crippen LogP contribution in [0.1, 0.15) is 28.2 Å². The lowest BCUT2D eigenvalue weighted by atomic mass is 10.2. The number of carbonyl (C=O) groups excluding carboxylic acids is 2. The number of hydrogen-bond donors (Lipinski definition) is 1. The number of hydrogen-bond acceptors (Lipinski definition) is 7. The molecular weight excluding hydrogens is 532 g/mol. The number of allylic oxidation sites excluding steroid dienone is 1. The Bertz CT molecular complexity index is 1200. The second-order valence-corrected chi connectivity index (χ2v) is 9.39. The van der Waals surface area contributed by atoms with E-state index in [9.17, 15) is 9.59 Å². The molecule has 0 saturated carbocycles. The van der Waals surface area contributed by atoms with Crippen LogP contribution in [0.4, 0.5) is 5.69 Å². The van der Waals surface area contributed by atoms with Crippen LogP contribution >= 0.6 is 27.7 Å². The van der Waals surface area contributed by atoms with E-state index in [-0.39, 0.29) is 11.7 Å². The van der Waals surface area contributed by atoms with Crippen LogP contribution in [0.3, 0.4) is 0 Å². The van der Waals surface area contributed by atoms with Gasteiger partial charge in [-0.1, -0.05) is 45.9 Å². The Morgan fingerprint density at radius 3 is 2.77 bits per heavy atom. The Kier molecular flexibility index (Phi) is 9.92. The molecule has 1 heterocycles. The van der Waals surface area contributed by atoms with Crippen molar-refractivity contribution >= 4 is 45.3 Å². The molecule has 0 aliphatic rings. The lowest BCUT2D eigenvalue weighted by Gasteiger charge is -2.11. The van der Waals surface area contributed by atoms with Crippen LogP contribution in [-0.2, 0) is 22.5 Å². The third kappa shape index (κ3) is 7.43. The molecule has 0 saturated heterocycles. The molecule has 8 nitrogen and oxygen atoms in total. The Hall–Kier alpha value is -3.11. The summed E-state index contributed by atoms with van der Waals surface area (Å²) >= 11 is 4.73. The highest BCUT2D eigenvalue weighted by molar-refractivity contribution is 9.10. The summed E-state index contributed by atoms with van der Waals surface area (Å²) in [5, 5.41) is 12.0. The number of nitrogens with one attached hydrogen (secondary N) is 1. The van der Waals surface area contributed by atoms with Crippen LogP contribution in [-0.4, -0.2) is 46.1 Å². The van der Waals surface area contributed by atoms with E-state index in [2.05, 4.69) is 38.0 Å². The van der Waals surface area contributed by atoms with Gasteiger partial charge in [0, 0.05) is 17.4 Å². The maximum atomic E-state index is 12.5. The van der Waals surface area contributed by atoms with Gasteiger partial charge in [0.05, 0.1) is 30.7 Å². The molecule has 0 unspecified atom stereocenters. The SMILES string of the molecule is C=CCn1c(CCCOc2ccc(Br)cc2C)nnc1SCC(=O)Nc1ccccc1C(=O)OC. The van der Waals surface area contributed by atoms with E-state index in [0.29, 0.717) is 36.0 Å². The van der Waals surface area contributed by atoms with Crippen molar-refractivity contribution in [3.63, 3.8) is 0 Å². The summed E-state index contributed by atoms with van der Waals surface area (Å²) in [6.45, 7) is 6.91. The molecule has 0 bridgehead atoms. The number of rotatable bonds is 12. The number of anilines is 1. The maximum absolute atomic E-state index is 12.5. The molecule has 1 N–H and O–H groups in total. The van der Waals surface area contributed by atoms with E-state index in [4.69, 9.17) is 9.47 Å². The molecule has 1 aromatic heterocycles. The molecule has 3 rings (SSSR count). The van der Waals surface area contributed by atoms with Gasteiger partial charge in [-0.25, -0.2) is 4.79 Å². The van der Waals surface area contributed by atoms with Crippen molar-refractivity contribution in [2.45, 2.75) is 31.5 Å². The average molecular weight is 559 g/mol. The number of amides is 1. The molecule has 1 amide bonds. The first kappa shape index (κ1) is 26.5. The third-order valence-electron chi connectivity index (χ3n) is 4.98. The van der Waals surface area contributed by atoms with E-state index in [1.54, 1.807) is 30.3 Å². The first-order chi connectivity index (χ1) is 16.9. The normalized spacial score (nSPS) is 10.6. The van der Waals surface area contributed by atoms with Gasteiger partial charge < -0.3 is 19.4 Å². The van der Waals surface area contributed by atoms with Gasteiger partial charge in [-0.3, -0.25) is 4.79 Å². The number of halogens is 1. The number of esters is 1. The monoisotopic (exact) mass is 558 g/mol. The van der Waals surface area contributed by atoms with Gasteiger partial charge in [-0.15, -0.1) is 16.8 Å². The second kappa shape index (κ2) is 13.1. The van der Waals surface area contributed by atoms with Crippen LogP contribution in [0, 0.1) is 6.92 Å². The van der Waals surface area contributed by atoms with Gasteiger partial charge in [0.15, 0.2) is 5.16 Å². The number of ether oxygens (including phenoxy) is 2. The molecule has 10 heteroatoms. The number of methoxy groups -OCH3 is 1. The molecule has 184 valence electrons. The highest BCUT2D eigenvalue weighted by Gasteiger charge is 2.16. The first-order valence-corrected chi connectivity index (χ1v) is 12.7. The summed E-state index contributed by atoms with van der Waals surface area (Å²) in [6.07, 6.45) is 3.21. The van der Waals surface area contributed by atoms with Gasteiger partial charge in [-0.2, -0.15) is 0 Å². The predicted molar refractivity (Wildman–Crippen MR) is 140 cm³/mol. The number of aryl methyl sites for hydroxylation is 2. The highest BCUT2D eigenvalue weighted by Crippen LogP contribution is 2.23. The number of aromatic nitrogens is 3. The van der Waals surface area contributed by atoms with Gasteiger partial charge in [-0.05, 0) is 49.2 Å². The van der Waals surface area contributed by atoms with E-state index in [1.807, 2.05) is 29.7 Å². The molecule has 35 heavy (non-hydrogen) atoms. The summed E-state index contributed by atoms with van der Waals surface area (Å²) in [5.41, 5.74) is 1.77. The topological polar surface area (TPSA) is 95.3 Å². The van der Waals surface area contributed by atoms with Gasteiger partial charge in [0.25, 0.3) is 0 Å². The largest absolute Gasteiger partial charge is 0.493 e. The standard InChI is InChI=1S/C25H27BrN4O4S/c1-4-13-30-22(10-7-14-34-21-12-11-18(26)15-17(21)2)28-29-25(30)35-16-23(31)27-20-9-6-5-8-19(20)24(32)33-3/h4-6,8-9,11-12,15H,1,7,10,13-14,16H2,2-3H3,(H,27,31). The molecule has 0 aliphatic heterocycles. The molecule has 3 aromatic rings. The summed E-state index contributed by atoms with van der Waals surface area (Å²) in [4.78, 5) is 24.5. The number of benzene rings is 2. The van der Waals surface area contributed by atoms with E-state index in [1.165, 1.54) is 18.9 Å². The number of carbonyl (C=O) groups is 2. The number of para-hydroxylation sites is 1. The lowest BCUT2D eigenvalue weighted by molar-refractivity contribution is -0.113. The van der Waals surface area contributed by atoms with Crippen molar-refractivity contribution in [3.05, 3.63) is 76.5 Å². The van der Waals surface area contributed by atoms with Crippen LogP contribution in [0.5, 0.6) is 5.75 Å². The summed E-state index contributed by atoms with van der Waals surface area (Å²) in [6, 6.07) is 12.6. The Morgan fingerprint density at radius 1 is 1.23 bits per heavy atom. The van der Waals surface area contributed by atoms with Gasteiger partial charge in [0.2, 0.25) is 5.91 Å². The first-order valence-electron chi connectivity index (χ1n) is 10.9. The zero-order chi connectivity index (χ0) is 25.2. The average Bonchev–Trinajstić information content (AvgIpc) is 3.23. The van der Waals surface area contributed by atoms with E-state index in [0.717, 1.165) is 28.0 Å². The van der Waals surface area contributed by atoms with Crippen LogP contribution in [0.2, 0.25) is 0 Å². The van der Waals surface area contributed by atoms with Gasteiger partial charge >= 0.3 is 5.97 Å². The Labute approximate surface area is 217 Å². The van der Waals surface area contributed by atoms with Crippen LogP contribution in [0.25, 0.3) is 0 Å². The number of nitrogens with zero attached hydrogens (tertiary/aromatic N) is 3. The maximum Gasteiger partial charge on any atom is 0.339 e. The van der Waals surface area contributed by atoms with Crippen molar-refractivity contribution < 1.29 is 19.1 Å². The molecule has 0 fully saturated rings. The summed E-state index contributed by atoms with van der Waals surface area (Å²) in [7, 11) is 1.30. The zero-order valence-corrected chi connectivity index (χ0v) is 22.0. The molecule has 0 radical (unpaired) electrons. The van der Waals surface area contributed by atoms with Crippen molar-refractivity contribution in [2.24, 2.45) is 0 Å². The molecule has 0 atom stereocenters. The van der Waals surface area contributed by atoms with Crippen molar-refractivity contribution in [3.8, 4) is 5.75 Å².